The van der Waals surface area contributed by atoms with Crippen LogP contribution in [0.2, 0.25) is 10.0 Å². The van der Waals surface area contributed by atoms with Crippen molar-refractivity contribution in [3.63, 3.8) is 0 Å². The van der Waals surface area contributed by atoms with Gasteiger partial charge in [0.2, 0.25) is 0 Å². The highest BCUT2D eigenvalue weighted by atomic mass is 35.5. The molecule has 5 nitrogen and oxygen atoms in total. The predicted octanol–water partition coefficient (Wildman–Crippen LogP) is 3.40. The molecule has 0 saturated heterocycles. The fraction of sp³-hybridized carbons (Fsp3) is 0.353. The molecule has 1 heterocycles. The number of nitrogens with zero attached hydrogens (tertiary/aromatic N) is 2. The van der Waals surface area contributed by atoms with Crippen LogP contribution in [0, 0.1) is 0 Å². The monoisotopic (exact) mass is 368 g/mol. The zero-order valence-corrected chi connectivity index (χ0v) is 14.8. The van der Waals surface area contributed by atoms with Gasteiger partial charge in [-0.05, 0) is 31.0 Å². The van der Waals surface area contributed by atoms with E-state index in [0.717, 1.165) is 0 Å². The van der Waals surface area contributed by atoms with Crippen LogP contribution in [-0.2, 0) is 9.53 Å². The van der Waals surface area contributed by atoms with Gasteiger partial charge < -0.3 is 9.64 Å². The third-order valence-electron chi connectivity index (χ3n) is 3.57. The van der Waals surface area contributed by atoms with E-state index >= 15 is 0 Å². The molecule has 1 aliphatic rings. The third kappa shape index (κ3) is 4.90. The summed E-state index contributed by atoms with van der Waals surface area (Å²) in [5.41, 5.74) is 0.883. The van der Waals surface area contributed by atoms with Gasteiger partial charge in [-0.15, -0.1) is 0 Å². The smallest absolute Gasteiger partial charge is 0.251 e. The van der Waals surface area contributed by atoms with E-state index in [1.807, 2.05) is 0 Å². The fourth-order valence-corrected chi connectivity index (χ4v) is 2.69. The summed E-state index contributed by atoms with van der Waals surface area (Å²) < 4.78 is 5.04. The molecule has 0 saturated carbocycles. The average molecular weight is 369 g/mol. The lowest BCUT2D eigenvalue weighted by molar-refractivity contribution is -0.127. The van der Waals surface area contributed by atoms with Gasteiger partial charge in [0.1, 0.15) is 0 Å². The van der Waals surface area contributed by atoms with E-state index in [-0.39, 0.29) is 18.2 Å². The average Bonchev–Trinajstić information content (AvgIpc) is 2.60. The van der Waals surface area contributed by atoms with Crippen LogP contribution in [0.25, 0.3) is 0 Å². The second-order valence-corrected chi connectivity index (χ2v) is 6.14. The number of amides is 1. The summed E-state index contributed by atoms with van der Waals surface area (Å²) in [5, 5.41) is 0.729. The lowest BCUT2D eigenvalue weighted by atomic mass is 10.1. The standard InChI is InChI=1S/C17H18Cl2N2O3/c1-24-8-7-21(17(23)12-3-2-6-20-10-12)11-16(22)14-9-13(18)4-5-15(14)19/h4-6,9-10H,2-3,7-8,11H2,1H3. The zero-order valence-electron chi connectivity index (χ0n) is 13.3. The Hall–Kier alpha value is -1.69. The van der Waals surface area contributed by atoms with E-state index in [1.54, 1.807) is 31.7 Å². The van der Waals surface area contributed by atoms with Crippen LogP contribution in [0.1, 0.15) is 23.2 Å². The molecule has 0 bridgehead atoms. The number of benzene rings is 1. The molecule has 1 aromatic carbocycles. The zero-order chi connectivity index (χ0) is 17.5. The molecule has 128 valence electrons. The van der Waals surface area contributed by atoms with Gasteiger partial charge in [-0.25, -0.2) is 0 Å². The van der Waals surface area contributed by atoms with Crippen LogP contribution in [0.15, 0.2) is 35.0 Å². The van der Waals surface area contributed by atoms with Crippen molar-refractivity contribution >= 4 is 41.1 Å². The molecule has 0 spiro atoms. The van der Waals surface area contributed by atoms with Crippen molar-refractivity contribution in [2.75, 3.05) is 26.8 Å². The van der Waals surface area contributed by atoms with Crippen LogP contribution in [0.5, 0.6) is 0 Å². The van der Waals surface area contributed by atoms with Crippen molar-refractivity contribution in [2.45, 2.75) is 12.8 Å². The molecule has 0 unspecified atom stereocenters. The Morgan fingerprint density at radius 1 is 1.33 bits per heavy atom. The number of ketones is 1. The number of hydrogen-bond donors (Lipinski definition) is 0. The van der Waals surface area contributed by atoms with Crippen molar-refractivity contribution in [3.05, 3.63) is 45.6 Å². The van der Waals surface area contributed by atoms with Crippen LogP contribution in [0.3, 0.4) is 0 Å². The van der Waals surface area contributed by atoms with Gasteiger partial charge in [-0.2, -0.15) is 0 Å². The predicted molar refractivity (Wildman–Crippen MR) is 95.1 cm³/mol. The maximum atomic E-state index is 12.6. The number of aliphatic imine (C=N–C) groups is 1. The first-order chi connectivity index (χ1) is 11.5. The Morgan fingerprint density at radius 3 is 2.79 bits per heavy atom. The number of carbonyl (C=O) groups is 2. The molecule has 0 radical (unpaired) electrons. The van der Waals surface area contributed by atoms with Gasteiger partial charge in [0, 0.05) is 42.2 Å². The Morgan fingerprint density at radius 2 is 2.12 bits per heavy atom. The van der Waals surface area contributed by atoms with Gasteiger partial charge in [0.25, 0.3) is 5.91 Å². The van der Waals surface area contributed by atoms with Crippen molar-refractivity contribution < 1.29 is 14.3 Å². The SMILES string of the molecule is COCCN(CC(=O)c1cc(Cl)ccc1Cl)C(=O)C1=CN=CCC1. The molecule has 1 aliphatic heterocycles. The van der Waals surface area contributed by atoms with Gasteiger partial charge in [-0.3, -0.25) is 14.6 Å². The highest BCUT2D eigenvalue weighted by molar-refractivity contribution is 6.36. The Labute approximate surface area is 150 Å². The Balaban J connectivity index is 2.17. The summed E-state index contributed by atoms with van der Waals surface area (Å²) in [6.07, 6.45) is 4.62. The number of rotatable bonds is 7. The van der Waals surface area contributed by atoms with Crippen LogP contribution < -0.4 is 0 Å². The van der Waals surface area contributed by atoms with Crippen molar-refractivity contribution in [2.24, 2.45) is 4.99 Å². The van der Waals surface area contributed by atoms with Gasteiger partial charge >= 0.3 is 0 Å². The van der Waals surface area contributed by atoms with Crippen LogP contribution in [0.4, 0.5) is 0 Å². The third-order valence-corrected chi connectivity index (χ3v) is 4.13. The van der Waals surface area contributed by atoms with E-state index < -0.39 is 0 Å². The molecule has 0 fully saturated rings. The summed E-state index contributed by atoms with van der Waals surface area (Å²) in [7, 11) is 1.54. The van der Waals surface area contributed by atoms with E-state index in [9.17, 15) is 9.59 Å². The van der Waals surface area contributed by atoms with Crippen molar-refractivity contribution in [1.82, 2.24) is 4.90 Å². The second kappa shape index (κ2) is 8.97. The summed E-state index contributed by atoms with van der Waals surface area (Å²) in [6, 6.07) is 4.69. The summed E-state index contributed by atoms with van der Waals surface area (Å²) in [6.45, 7) is 0.544. The minimum atomic E-state index is -0.271. The topological polar surface area (TPSA) is 59.0 Å². The summed E-state index contributed by atoms with van der Waals surface area (Å²) in [5.74, 6) is -0.484. The molecular weight excluding hydrogens is 351 g/mol. The molecule has 0 atom stereocenters. The molecule has 1 amide bonds. The molecule has 0 N–H and O–H groups in total. The van der Waals surface area contributed by atoms with Crippen molar-refractivity contribution in [1.29, 1.82) is 0 Å². The first kappa shape index (κ1) is 18.6. The minimum Gasteiger partial charge on any atom is -0.383 e. The fourth-order valence-electron chi connectivity index (χ4n) is 2.29. The van der Waals surface area contributed by atoms with E-state index in [0.29, 0.717) is 47.2 Å². The lowest BCUT2D eigenvalue weighted by Gasteiger charge is -2.23. The maximum absolute atomic E-state index is 12.6. The largest absolute Gasteiger partial charge is 0.383 e. The Kier molecular flexibility index (Phi) is 6.97. The molecule has 0 aromatic heterocycles. The normalized spacial score (nSPS) is 13.5. The van der Waals surface area contributed by atoms with Crippen LogP contribution in [-0.4, -0.2) is 49.6 Å². The quantitative estimate of drug-likeness (QED) is 0.693. The number of ether oxygens (including phenoxy) is 1. The summed E-state index contributed by atoms with van der Waals surface area (Å²) >= 11 is 12.0. The van der Waals surface area contributed by atoms with E-state index in [1.165, 1.54) is 11.0 Å². The first-order valence-corrected chi connectivity index (χ1v) is 8.25. The summed E-state index contributed by atoms with van der Waals surface area (Å²) in [4.78, 5) is 30.7. The molecule has 7 heteroatoms. The van der Waals surface area contributed by atoms with Gasteiger partial charge in [0.05, 0.1) is 18.2 Å². The van der Waals surface area contributed by atoms with Crippen LogP contribution >= 0.6 is 23.2 Å². The molecule has 1 aromatic rings. The number of hydrogen-bond acceptors (Lipinski definition) is 4. The molecule has 0 aliphatic carbocycles. The van der Waals surface area contributed by atoms with Crippen molar-refractivity contribution in [3.8, 4) is 0 Å². The number of carbonyl (C=O) groups excluding carboxylic acids is 2. The number of methoxy groups -OCH3 is 1. The number of halogens is 2. The molecule has 24 heavy (non-hydrogen) atoms. The molecule has 2 rings (SSSR count). The maximum Gasteiger partial charge on any atom is 0.251 e. The highest BCUT2D eigenvalue weighted by Crippen LogP contribution is 2.22. The van der Waals surface area contributed by atoms with E-state index in [2.05, 4.69) is 4.99 Å². The lowest BCUT2D eigenvalue weighted by Crippen LogP contribution is -2.39. The highest BCUT2D eigenvalue weighted by Gasteiger charge is 2.23. The van der Waals surface area contributed by atoms with Gasteiger partial charge in [0.15, 0.2) is 5.78 Å². The molecular formula is C17H18Cl2N2O3. The second-order valence-electron chi connectivity index (χ2n) is 5.29. The van der Waals surface area contributed by atoms with Gasteiger partial charge in [-0.1, -0.05) is 23.2 Å². The first-order valence-electron chi connectivity index (χ1n) is 7.50. The van der Waals surface area contributed by atoms with E-state index in [4.69, 9.17) is 27.9 Å². The number of Topliss-reactive ketones (excluding diaryl/α,β-unsaturated/α-hetero) is 1. The Bertz CT molecular complexity index is 686. The minimum absolute atomic E-state index is 0.0939.